The Morgan fingerprint density at radius 1 is 1.08 bits per heavy atom. The molecule has 0 radical (unpaired) electrons. The van der Waals surface area contributed by atoms with Crippen LogP contribution in [0.1, 0.15) is 30.9 Å². The van der Waals surface area contributed by atoms with Crippen LogP contribution < -0.4 is 0 Å². The third-order valence-electron chi connectivity index (χ3n) is 7.90. The molecule has 0 bridgehead atoms. The molecule has 2 saturated heterocycles. The number of rotatable bonds is 6. The molecular weight excluding hydrogens is 492 g/mol. The standard InChI is InChI=1S/C29H34N8O2/c1-34(2)13-5-8-27(38)35-14-4-6-21(19-35)29(39)36-15-10-20(18-36)25-16-23-22(9-12-30-28(23)33-25)24-17-32-37-26(24)7-3-11-31-37/h3,5,7-9,11-12,16-17,20-21H,4,6,10,13-15,18-19H2,1-2H3,(H,30,33)/b8-5+/t20?,21-/m1/s1. The summed E-state index contributed by atoms with van der Waals surface area (Å²) in [7, 11) is 3.94. The van der Waals surface area contributed by atoms with Gasteiger partial charge in [0.05, 0.1) is 17.6 Å². The Bertz CT molecular complexity index is 1540. The van der Waals surface area contributed by atoms with Gasteiger partial charge in [0.1, 0.15) is 5.65 Å². The van der Waals surface area contributed by atoms with Crippen LogP contribution in [0.2, 0.25) is 0 Å². The van der Waals surface area contributed by atoms with Crippen molar-refractivity contribution >= 4 is 28.4 Å². The van der Waals surface area contributed by atoms with Gasteiger partial charge in [-0.05, 0) is 63.2 Å². The summed E-state index contributed by atoms with van der Waals surface area (Å²) in [5, 5.41) is 9.73. The summed E-state index contributed by atoms with van der Waals surface area (Å²) in [5.74, 6) is 0.249. The van der Waals surface area contributed by atoms with Gasteiger partial charge < -0.3 is 19.7 Å². The van der Waals surface area contributed by atoms with Crippen molar-refractivity contribution in [1.29, 1.82) is 0 Å². The lowest BCUT2D eigenvalue weighted by atomic mass is 9.96. The van der Waals surface area contributed by atoms with E-state index in [0.29, 0.717) is 19.6 Å². The Hall–Kier alpha value is -4.05. The van der Waals surface area contributed by atoms with Gasteiger partial charge in [-0.2, -0.15) is 14.8 Å². The number of aromatic nitrogens is 5. The topological polar surface area (TPSA) is 103 Å². The molecule has 6 heterocycles. The molecule has 10 heteroatoms. The average molecular weight is 527 g/mol. The van der Waals surface area contributed by atoms with Crippen molar-refractivity contribution in [3.63, 3.8) is 0 Å². The van der Waals surface area contributed by atoms with E-state index in [4.69, 9.17) is 0 Å². The molecule has 2 amide bonds. The fourth-order valence-corrected chi connectivity index (χ4v) is 5.86. The van der Waals surface area contributed by atoms with Crippen LogP contribution in [0.4, 0.5) is 0 Å². The summed E-state index contributed by atoms with van der Waals surface area (Å²) < 4.78 is 1.63. The first kappa shape index (κ1) is 25.2. The van der Waals surface area contributed by atoms with Crippen LogP contribution in [-0.4, -0.2) is 98.1 Å². The largest absolute Gasteiger partial charge is 0.343 e. The van der Waals surface area contributed by atoms with E-state index in [-0.39, 0.29) is 23.7 Å². The fourth-order valence-electron chi connectivity index (χ4n) is 5.86. The zero-order valence-corrected chi connectivity index (χ0v) is 22.5. The Morgan fingerprint density at radius 2 is 1.97 bits per heavy atom. The summed E-state index contributed by atoms with van der Waals surface area (Å²) >= 11 is 0. The van der Waals surface area contributed by atoms with Crippen LogP contribution in [0.25, 0.3) is 27.7 Å². The van der Waals surface area contributed by atoms with E-state index in [1.165, 1.54) is 0 Å². The maximum Gasteiger partial charge on any atom is 0.246 e. The van der Waals surface area contributed by atoms with Gasteiger partial charge in [-0.1, -0.05) is 6.08 Å². The number of H-pyrrole nitrogens is 1. The molecule has 4 aromatic rings. The Kier molecular flexibility index (Phi) is 6.86. The highest BCUT2D eigenvalue weighted by atomic mass is 16.2. The summed E-state index contributed by atoms with van der Waals surface area (Å²) in [4.78, 5) is 40.1. The predicted octanol–water partition coefficient (Wildman–Crippen LogP) is 2.94. The Balaban J connectivity index is 1.15. The molecule has 2 atom stereocenters. The number of carbonyl (C=O) groups excluding carboxylic acids is 2. The van der Waals surface area contributed by atoms with Gasteiger partial charge in [-0.25, -0.2) is 4.98 Å². The zero-order chi connectivity index (χ0) is 26.9. The zero-order valence-electron chi connectivity index (χ0n) is 22.5. The number of nitrogens with one attached hydrogen (secondary N) is 1. The van der Waals surface area contributed by atoms with E-state index in [2.05, 4.69) is 26.2 Å². The molecule has 2 fully saturated rings. The molecule has 10 nitrogen and oxygen atoms in total. The van der Waals surface area contributed by atoms with E-state index in [1.807, 2.05) is 65.5 Å². The van der Waals surface area contributed by atoms with E-state index >= 15 is 0 Å². The number of likely N-dealkylation sites (tertiary alicyclic amines) is 2. The quantitative estimate of drug-likeness (QED) is 0.388. The molecule has 2 aliphatic heterocycles. The van der Waals surface area contributed by atoms with Crippen molar-refractivity contribution in [2.45, 2.75) is 25.2 Å². The fraction of sp³-hybridized carbons (Fsp3) is 0.414. The molecule has 2 aliphatic rings. The first-order valence-electron chi connectivity index (χ1n) is 13.6. The maximum atomic E-state index is 13.5. The van der Waals surface area contributed by atoms with Crippen LogP contribution >= 0.6 is 0 Å². The molecule has 6 rings (SSSR count). The minimum absolute atomic E-state index is 0.00277. The van der Waals surface area contributed by atoms with Crippen LogP contribution in [0.15, 0.2) is 55.0 Å². The second-order valence-corrected chi connectivity index (χ2v) is 10.9. The first-order chi connectivity index (χ1) is 19.0. The summed E-state index contributed by atoms with van der Waals surface area (Å²) in [6.07, 6.45) is 11.5. The molecule has 1 N–H and O–H groups in total. The smallest absolute Gasteiger partial charge is 0.246 e. The molecular formula is C29H34N8O2. The lowest BCUT2D eigenvalue weighted by Gasteiger charge is -2.33. The second-order valence-electron chi connectivity index (χ2n) is 10.9. The second kappa shape index (κ2) is 10.6. The SMILES string of the molecule is CN(C)C/C=C/C(=O)N1CCC[C@@H](C(=O)N2CCC(c3cc4c(-c5cnn6ncccc56)ccnc4[nH]3)C2)C1. The first-order valence-corrected chi connectivity index (χ1v) is 13.6. The third kappa shape index (κ3) is 5.04. The van der Waals surface area contributed by atoms with Gasteiger partial charge in [0, 0.05) is 73.8 Å². The van der Waals surface area contributed by atoms with Crippen LogP contribution in [-0.2, 0) is 9.59 Å². The number of piperidine rings is 1. The van der Waals surface area contributed by atoms with Gasteiger partial charge in [0.2, 0.25) is 11.8 Å². The number of nitrogens with zero attached hydrogens (tertiary/aromatic N) is 7. The van der Waals surface area contributed by atoms with Crippen LogP contribution in [0.5, 0.6) is 0 Å². The summed E-state index contributed by atoms with van der Waals surface area (Å²) in [6, 6.07) is 8.11. The molecule has 0 spiro atoms. The highest BCUT2D eigenvalue weighted by Crippen LogP contribution is 2.35. The minimum atomic E-state index is -0.135. The third-order valence-corrected chi connectivity index (χ3v) is 7.90. The van der Waals surface area contributed by atoms with Gasteiger partial charge in [0.25, 0.3) is 0 Å². The van der Waals surface area contributed by atoms with E-state index in [0.717, 1.165) is 65.7 Å². The van der Waals surface area contributed by atoms with Crippen molar-refractivity contribution in [2.24, 2.45) is 5.92 Å². The van der Waals surface area contributed by atoms with Gasteiger partial charge in [0.15, 0.2) is 0 Å². The summed E-state index contributed by atoms with van der Waals surface area (Å²) in [6.45, 7) is 3.34. The number of fused-ring (bicyclic) bond motifs is 2. The number of amides is 2. The van der Waals surface area contributed by atoms with Gasteiger partial charge >= 0.3 is 0 Å². The maximum absolute atomic E-state index is 13.5. The van der Waals surface area contributed by atoms with Crippen molar-refractivity contribution in [2.75, 3.05) is 46.8 Å². The molecule has 0 aliphatic carbocycles. The Morgan fingerprint density at radius 3 is 2.85 bits per heavy atom. The molecule has 0 aromatic carbocycles. The highest BCUT2D eigenvalue weighted by molar-refractivity contribution is 5.97. The number of carbonyl (C=O) groups is 2. The molecule has 39 heavy (non-hydrogen) atoms. The van der Waals surface area contributed by atoms with Crippen LogP contribution in [0, 0.1) is 5.92 Å². The number of aromatic amines is 1. The lowest BCUT2D eigenvalue weighted by Crippen LogP contribution is -2.45. The van der Waals surface area contributed by atoms with E-state index in [1.54, 1.807) is 16.9 Å². The Labute approximate surface area is 227 Å². The van der Waals surface area contributed by atoms with Crippen molar-refractivity contribution in [1.82, 2.24) is 39.5 Å². The molecule has 202 valence electrons. The van der Waals surface area contributed by atoms with Crippen molar-refractivity contribution < 1.29 is 9.59 Å². The average Bonchev–Trinajstić information content (AvgIpc) is 3.70. The molecule has 1 unspecified atom stereocenters. The van der Waals surface area contributed by atoms with Crippen molar-refractivity contribution in [3.8, 4) is 11.1 Å². The summed E-state index contributed by atoms with van der Waals surface area (Å²) in [5.41, 5.74) is 4.94. The van der Waals surface area contributed by atoms with Crippen molar-refractivity contribution in [3.05, 3.63) is 60.7 Å². The van der Waals surface area contributed by atoms with Gasteiger partial charge in [-0.15, -0.1) is 0 Å². The lowest BCUT2D eigenvalue weighted by molar-refractivity contribution is -0.138. The number of likely N-dealkylation sites (N-methyl/N-ethyl adjacent to an activating group) is 1. The number of hydrogen-bond acceptors (Lipinski definition) is 6. The normalized spacial score (nSPS) is 20.2. The number of pyridine rings is 1. The van der Waals surface area contributed by atoms with Crippen LogP contribution in [0.3, 0.4) is 0 Å². The predicted molar refractivity (Wildman–Crippen MR) is 149 cm³/mol. The number of hydrogen-bond donors (Lipinski definition) is 1. The molecule has 4 aromatic heterocycles. The highest BCUT2D eigenvalue weighted by Gasteiger charge is 2.35. The minimum Gasteiger partial charge on any atom is -0.343 e. The monoisotopic (exact) mass is 526 g/mol. The van der Waals surface area contributed by atoms with Gasteiger partial charge in [-0.3, -0.25) is 9.59 Å². The van der Waals surface area contributed by atoms with E-state index < -0.39 is 0 Å². The molecule has 0 saturated carbocycles. The van der Waals surface area contributed by atoms with E-state index in [9.17, 15) is 9.59 Å².